The Balaban J connectivity index is 3.12. The van der Waals surface area contributed by atoms with E-state index in [0.717, 1.165) is 0 Å². The van der Waals surface area contributed by atoms with Crippen molar-refractivity contribution in [3.8, 4) is 12.3 Å². The number of rotatable bonds is 8. The van der Waals surface area contributed by atoms with E-state index in [0.29, 0.717) is 32.7 Å². The first-order valence-corrected chi connectivity index (χ1v) is 4.23. The molecule has 0 aliphatic carbocycles. The van der Waals surface area contributed by atoms with E-state index in [1.165, 1.54) is 6.26 Å². The summed E-state index contributed by atoms with van der Waals surface area (Å²) in [6.45, 7) is 4.61. The van der Waals surface area contributed by atoms with Gasteiger partial charge >= 0.3 is 0 Å². The second kappa shape index (κ2) is 9.11. The average Bonchev–Trinajstić information content (AvgIpc) is 2.14. The number of aliphatic hydroxyl groups is 1. The maximum atomic E-state index is 9.26. The van der Waals surface area contributed by atoms with Crippen LogP contribution in [0.25, 0.3) is 0 Å². The summed E-state index contributed by atoms with van der Waals surface area (Å²) in [6, 6.07) is 0. The van der Waals surface area contributed by atoms with Crippen LogP contribution in [0.3, 0.4) is 0 Å². The molecule has 0 bridgehead atoms. The summed E-state index contributed by atoms with van der Waals surface area (Å²) in [6.07, 6.45) is 7.08. The van der Waals surface area contributed by atoms with Gasteiger partial charge in [-0.2, -0.15) is 0 Å². The van der Waals surface area contributed by atoms with Crippen molar-refractivity contribution in [3.63, 3.8) is 0 Å². The van der Waals surface area contributed by atoms with Gasteiger partial charge in [-0.3, -0.25) is 0 Å². The first-order chi connectivity index (χ1) is 6.31. The van der Waals surface area contributed by atoms with Crippen molar-refractivity contribution in [2.24, 2.45) is 0 Å². The van der Waals surface area contributed by atoms with Crippen LogP contribution in [-0.2, 0) is 9.47 Å². The van der Waals surface area contributed by atoms with Crippen molar-refractivity contribution < 1.29 is 14.6 Å². The molecule has 1 N–H and O–H groups in total. The van der Waals surface area contributed by atoms with E-state index < -0.39 is 6.10 Å². The van der Waals surface area contributed by atoms with Crippen LogP contribution in [-0.4, -0.2) is 31.0 Å². The van der Waals surface area contributed by atoms with Gasteiger partial charge in [-0.25, -0.2) is 0 Å². The highest BCUT2D eigenvalue weighted by atomic mass is 16.5. The van der Waals surface area contributed by atoms with E-state index in [4.69, 9.17) is 15.9 Å². The average molecular weight is 184 g/mol. The molecule has 0 rings (SSSR count). The lowest BCUT2D eigenvalue weighted by molar-refractivity contribution is 0.0164. The third-order valence-corrected chi connectivity index (χ3v) is 1.40. The Morgan fingerprint density at radius 2 is 2.31 bits per heavy atom. The van der Waals surface area contributed by atoms with Gasteiger partial charge in [0.1, 0.15) is 6.61 Å². The molecule has 1 unspecified atom stereocenters. The molecule has 0 heterocycles. The Morgan fingerprint density at radius 3 is 2.92 bits per heavy atom. The maximum Gasteiger partial charge on any atom is 0.111 e. The highest BCUT2D eigenvalue weighted by molar-refractivity contribution is 4.84. The molecule has 0 aromatic rings. The molecule has 1 atom stereocenters. The van der Waals surface area contributed by atoms with E-state index in [-0.39, 0.29) is 0 Å². The molecular weight excluding hydrogens is 168 g/mol. The fraction of sp³-hybridized carbons (Fsp3) is 0.600. The van der Waals surface area contributed by atoms with Crippen LogP contribution in [0.15, 0.2) is 12.8 Å². The minimum atomic E-state index is -0.472. The van der Waals surface area contributed by atoms with Crippen molar-refractivity contribution in [1.29, 1.82) is 0 Å². The molecule has 3 heteroatoms. The van der Waals surface area contributed by atoms with E-state index in [2.05, 4.69) is 12.5 Å². The Labute approximate surface area is 79.4 Å². The molecule has 0 aromatic heterocycles. The Bertz CT molecular complexity index is 160. The number of aliphatic hydroxyl groups excluding tert-OH is 1. The van der Waals surface area contributed by atoms with Crippen LogP contribution in [0.1, 0.15) is 12.8 Å². The molecule has 0 aromatic carbocycles. The van der Waals surface area contributed by atoms with Gasteiger partial charge in [-0.05, 0) is 6.42 Å². The first kappa shape index (κ1) is 12.0. The largest absolute Gasteiger partial charge is 0.499 e. The summed E-state index contributed by atoms with van der Waals surface area (Å²) in [7, 11) is 0. The summed E-state index contributed by atoms with van der Waals surface area (Å²) in [5, 5.41) is 9.26. The highest BCUT2D eigenvalue weighted by Crippen LogP contribution is 1.96. The van der Waals surface area contributed by atoms with E-state index in [1.807, 2.05) is 0 Å². The maximum absolute atomic E-state index is 9.26. The van der Waals surface area contributed by atoms with Gasteiger partial charge in [0.2, 0.25) is 0 Å². The summed E-state index contributed by atoms with van der Waals surface area (Å²) in [4.78, 5) is 0. The lowest BCUT2D eigenvalue weighted by atomic mass is 10.2. The molecule has 0 fully saturated rings. The molecular formula is C10H16O3. The summed E-state index contributed by atoms with van der Waals surface area (Å²) in [5.74, 6) is 2.46. The normalized spacial score (nSPS) is 11.7. The van der Waals surface area contributed by atoms with Crippen molar-refractivity contribution in [1.82, 2.24) is 0 Å². The second-order valence-electron chi connectivity index (χ2n) is 2.51. The fourth-order valence-electron chi connectivity index (χ4n) is 0.743. The zero-order valence-electron chi connectivity index (χ0n) is 7.74. The van der Waals surface area contributed by atoms with E-state index in [9.17, 15) is 5.11 Å². The van der Waals surface area contributed by atoms with Crippen LogP contribution >= 0.6 is 0 Å². The van der Waals surface area contributed by atoms with E-state index in [1.54, 1.807) is 0 Å². The second-order valence-corrected chi connectivity index (χ2v) is 2.51. The fourth-order valence-corrected chi connectivity index (χ4v) is 0.743. The molecule has 0 radical (unpaired) electrons. The van der Waals surface area contributed by atoms with Gasteiger partial charge < -0.3 is 14.6 Å². The Morgan fingerprint density at radius 1 is 1.54 bits per heavy atom. The molecule has 0 saturated heterocycles. The minimum absolute atomic E-state index is 0.308. The van der Waals surface area contributed by atoms with Gasteiger partial charge in [0, 0.05) is 6.42 Å². The van der Waals surface area contributed by atoms with Crippen LogP contribution in [0, 0.1) is 12.3 Å². The topological polar surface area (TPSA) is 38.7 Å². The third-order valence-electron chi connectivity index (χ3n) is 1.40. The number of ether oxygens (including phenoxy) is 2. The van der Waals surface area contributed by atoms with Crippen molar-refractivity contribution in [2.75, 3.05) is 19.8 Å². The number of hydrogen-bond donors (Lipinski definition) is 1. The molecule has 13 heavy (non-hydrogen) atoms. The third kappa shape index (κ3) is 8.93. The monoisotopic (exact) mass is 184 g/mol. The van der Waals surface area contributed by atoms with Crippen molar-refractivity contribution in [3.05, 3.63) is 12.8 Å². The van der Waals surface area contributed by atoms with Crippen LogP contribution in [0.2, 0.25) is 0 Å². The zero-order valence-corrected chi connectivity index (χ0v) is 7.74. The van der Waals surface area contributed by atoms with Crippen molar-refractivity contribution in [2.45, 2.75) is 18.9 Å². The quantitative estimate of drug-likeness (QED) is 0.346. The molecule has 3 nitrogen and oxygen atoms in total. The zero-order chi connectivity index (χ0) is 9.94. The highest BCUT2D eigenvalue weighted by Gasteiger charge is 2.01. The Hall–Kier alpha value is -0.980. The first-order valence-electron chi connectivity index (χ1n) is 4.23. The predicted molar refractivity (Wildman–Crippen MR) is 51.0 cm³/mol. The standard InChI is InChI=1S/C10H16O3/c1-3-5-6-10(11)9-13-8-7-12-4-2/h1,4,10-11H,2,5-9H2. The summed E-state index contributed by atoms with van der Waals surface area (Å²) < 4.78 is 9.92. The van der Waals surface area contributed by atoms with Gasteiger partial charge in [-0.1, -0.05) is 6.58 Å². The molecule has 0 amide bonds. The smallest absolute Gasteiger partial charge is 0.111 e. The number of terminal acetylenes is 1. The van der Waals surface area contributed by atoms with Gasteiger partial charge in [0.25, 0.3) is 0 Å². The summed E-state index contributed by atoms with van der Waals surface area (Å²) >= 11 is 0. The molecule has 0 saturated carbocycles. The van der Waals surface area contributed by atoms with Crippen LogP contribution in [0.5, 0.6) is 0 Å². The van der Waals surface area contributed by atoms with Gasteiger partial charge in [0.05, 0.1) is 25.6 Å². The number of hydrogen-bond acceptors (Lipinski definition) is 3. The lowest BCUT2D eigenvalue weighted by Crippen LogP contribution is -2.16. The lowest BCUT2D eigenvalue weighted by Gasteiger charge is -2.09. The molecule has 0 spiro atoms. The van der Waals surface area contributed by atoms with Gasteiger partial charge in [-0.15, -0.1) is 12.3 Å². The van der Waals surface area contributed by atoms with Crippen LogP contribution < -0.4 is 0 Å². The predicted octanol–water partition coefficient (Wildman–Crippen LogP) is 0.937. The van der Waals surface area contributed by atoms with E-state index >= 15 is 0 Å². The van der Waals surface area contributed by atoms with Crippen molar-refractivity contribution >= 4 is 0 Å². The minimum Gasteiger partial charge on any atom is -0.499 e. The van der Waals surface area contributed by atoms with Gasteiger partial charge in [0.15, 0.2) is 0 Å². The Kier molecular flexibility index (Phi) is 8.42. The molecule has 0 aliphatic heterocycles. The molecule has 0 aliphatic rings. The SMILES string of the molecule is C#CCCC(O)COCCOC=C. The van der Waals surface area contributed by atoms with Crippen LogP contribution in [0.4, 0.5) is 0 Å². The summed E-state index contributed by atoms with van der Waals surface area (Å²) in [5.41, 5.74) is 0. The molecule has 74 valence electrons.